The molecular formula is C27H38N6O4. The summed E-state index contributed by atoms with van der Waals surface area (Å²) >= 11 is 0. The first-order valence-corrected chi connectivity index (χ1v) is 12.5. The van der Waals surface area contributed by atoms with Crippen LogP contribution in [0.4, 0.5) is 5.69 Å². The van der Waals surface area contributed by atoms with Gasteiger partial charge < -0.3 is 20.6 Å². The molecule has 200 valence electrons. The van der Waals surface area contributed by atoms with Gasteiger partial charge in [0.2, 0.25) is 11.8 Å². The number of para-hydroxylation sites is 1. The second-order valence-electron chi connectivity index (χ2n) is 7.76. The van der Waals surface area contributed by atoms with Gasteiger partial charge in [-0.3, -0.25) is 19.2 Å². The summed E-state index contributed by atoms with van der Waals surface area (Å²) in [6.45, 7) is 11.4. The quantitative estimate of drug-likeness (QED) is 0.400. The van der Waals surface area contributed by atoms with E-state index in [-0.39, 0.29) is 35.8 Å². The first kappa shape index (κ1) is 31.0. The molecule has 0 aliphatic heterocycles. The van der Waals surface area contributed by atoms with Crippen LogP contribution in [-0.2, 0) is 22.4 Å². The number of carbonyl (C=O) groups excluding carboxylic acids is 2. The summed E-state index contributed by atoms with van der Waals surface area (Å²) in [5.74, 6) is 0.754. The van der Waals surface area contributed by atoms with Gasteiger partial charge in [0.15, 0.2) is 0 Å². The molecule has 37 heavy (non-hydrogen) atoms. The van der Waals surface area contributed by atoms with E-state index in [0.29, 0.717) is 34.5 Å². The Morgan fingerprint density at radius 3 is 1.70 bits per heavy atom. The van der Waals surface area contributed by atoms with Crippen LogP contribution < -0.4 is 21.8 Å². The standard InChI is InChI=1S/C13H13N3O2.C10H13N3O2.2C2H6/c1-9-14-8-10(13(18)15-9)7-12(17)16-11-5-3-2-4-6-11;1-6-11-5-7(10(15)12-6)4-9(14)13-8-2-3-8;2*1-2/h2-6,8H,7H2,1H3,(H,16,17)(H,14,15,18);5,8H,2-4H2,1H3,(H,13,14)(H,11,12,15);2*1-2H3. The summed E-state index contributed by atoms with van der Waals surface area (Å²) in [5, 5.41) is 5.54. The molecule has 10 nitrogen and oxygen atoms in total. The van der Waals surface area contributed by atoms with Crippen LogP contribution in [0.15, 0.2) is 52.3 Å². The molecule has 0 saturated heterocycles. The topological polar surface area (TPSA) is 150 Å². The highest BCUT2D eigenvalue weighted by atomic mass is 16.2. The second kappa shape index (κ2) is 16.6. The van der Waals surface area contributed by atoms with Crippen molar-refractivity contribution >= 4 is 17.5 Å². The number of amides is 2. The molecule has 0 unspecified atom stereocenters. The van der Waals surface area contributed by atoms with E-state index in [1.165, 1.54) is 12.4 Å². The average molecular weight is 511 g/mol. The molecule has 0 radical (unpaired) electrons. The Kier molecular flexibility index (Phi) is 13.9. The molecule has 1 fully saturated rings. The van der Waals surface area contributed by atoms with Gasteiger partial charge in [-0.25, -0.2) is 9.97 Å². The number of nitrogens with zero attached hydrogens (tertiary/aromatic N) is 2. The zero-order valence-electron chi connectivity index (χ0n) is 22.5. The van der Waals surface area contributed by atoms with Crippen molar-refractivity contribution in [1.29, 1.82) is 0 Å². The Bertz CT molecular complexity index is 1230. The summed E-state index contributed by atoms with van der Waals surface area (Å²) in [4.78, 5) is 59.1. The van der Waals surface area contributed by atoms with Gasteiger partial charge in [-0.1, -0.05) is 45.9 Å². The molecule has 2 amide bonds. The van der Waals surface area contributed by atoms with Crippen LogP contribution in [-0.4, -0.2) is 37.8 Å². The summed E-state index contributed by atoms with van der Waals surface area (Å²) < 4.78 is 0. The number of aryl methyl sites for hydroxylation is 2. The van der Waals surface area contributed by atoms with Crippen molar-refractivity contribution in [2.45, 2.75) is 73.3 Å². The maximum atomic E-state index is 11.7. The van der Waals surface area contributed by atoms with Crippen LogP contribution >= 0.6 is 0 Å². The minimum atomic E-state index is -0.272. The van der Waals surface area contributed by atoms with Gasteiger partial charge in [-0.2, -0.15) is 0 Å². The first-order valence-electron chi connectivity index (χ1n) is 12.5. The predicted molar refractivity (Wildman–Crippen MR) is 146 cm³/mol. The molecule has 1 aliphatic carbocycles. The van der Waals surface area contributed by atoms with E-state index in [0.717, 1.165) is 12.8 Å². The number of carbonyl (C=O) groups is 2. The van der Waals surface area contributed by atoms with Crippen molar-refractivity contribution < 1.29 is 9.59 Å². The van der Waals surface area contributed by atoms with E-state index in [1.807, 2.05) is 45.9 Å². The number of aromatic amines is 2. The third-order valence-electron chi connectivity index (χ3n) is 4.70. The summed E-state index contributed by atoms with van der Waals surface area (Å²) in [6.07, 6.45) is 5.11. The van der Waals surface area contributed by atoms with Gasteiger partial charge in [0.05, 0.1) is 12.8 Å². The molecule has 2 aromatic heterocycles. The lowest BCUT2D eigenvalue weighted by molar-refractivity contribution is -0.120. The van der Waals surface area contributed by atoms with Crippen molar-refractivity contribution in [3.05, 3.63) is 86.2 Å². The van der Waals surface area contributed by atoms with Crippen LogP contribution in [0.5, 0.6) is 0 Å². The smallest absolute Gasteiger partial charge is 0.254 e. The molecule has 10 heteroatoms. The summed E-state index contributed by atoms with van der Waals surface area (Å²) in [5.41, 5.74) is 0.978. The molecular weight excluding hydrogens is 472 g/mol. The molecule has 4 N–H and O–H groups in total. The highest BCUT2D eigenvalue weighted by Gasteiger charge is 2.23. The number of benzene rings is 1. The Balaban J connectivity index is 0.000000330. The van der Waals surface area contributed by atoms with Crippen LogP contribution in [0.3, 0.4) is 0 Å². The van der Waals surface area contributed by atoms with Crippen molar-refractivity contribution in [3.8, 4) is 0 Å². The van der Waals surface area contributed by atoms with E-state index in [1.54, 1.807) is 26.0 Å². The third-order valence-corrected chi connectivity index (χ3v) is 4.70. The maximum absolute atomic E-state index is 11.7. The van der Waals surface area contributed by atoms with Crippen LogP contribution in [0.1, 0.15) is 63.3 Å². The third kappa shape index (κ3) is 11.9. The highest BCUT2D eigenvalue weighted by molar-refractivity contribution is 5.92. The molecule has 4 rings (SSSR count). The van der Waals surface area contributed by atoms with E-state index in [9.17, 15) is 19.2 Å². The average Bonchev–Trinajstić information content (AvgIpc) is 3.70. The molecule has 1 aliphatic rings. The molecule has 0 atom stereocenters. The Morgan fingerprint density at radius 1 is 0.811 bits per heavy atom. The number of rotatable bonds is 6. The first-order chi connectivity index (χ1) is 17.8. The predicted octanol–water partition coefficient (Wildman–Crippen LogP) is 3.21. The minimum Gasteiger partial charge on any atom is -0.353 e. The number of hydrogen-bond acceptors (Lipinski definition) is 6. The number of H-pyrrole nitrogens is 2. The van der Waals surface area contributed by atoms with Gasteiger partial charge in [-0.05, 0) is 38.8 Å². The fourth-order valence-electron chi connectivity index (χ4n) is 2.85. The van der Waals surface area contributed by atoms with E-state index >= 15 is 0 Å². The van der Waals surface area contributed by atoms with Crippen LogP contribution in [0.25, 0.3) is 0 Å². The molecule has 2 heterocycles. The van der Waals surface area contributed by atoms with Gasteiger partial charge >= 0.3 is 0 Å². The minimum absolute atomic E-state index is 0.0114. The van der Waals surface area contributed by atoms with E-state index < -0.39 is 0 Å². The lowest BCUT2D eigenvalue weighted by Gasteiger charge is -2.04. The second-order valence-corrected chi connectivity index (χ2v) is 7.76. The number of hydrogen-bond donors (Lipinski definition) is 4. The molecule has 3 aromatic rings. The normalized spacial score (nSPS) is 11.3. The molecule has 1 aromatic carbocycles. The van der Waals surface area contributed by atoms with Crippen molar-refractivity contribution in [1.82, 2.24) is 25.3 Å². The Labute approximate surface area is 217 Å². The summed E-state index contributed by atoms with van der Waals surface area (Å²) in [7, 11) is 0. The molecule has 1 saturated carbocycles. The SMILES string of the molecule is CC.CC.Cc1ncc(CC(=O)NC2CC2)c(=O)[nH]1.Cc1ncc(CC(=O)Nc2ccccc2)c(=O)[nH]1. The van der Waals surface area contributed by atoms with Gasteiger partial charge in [0, 0.05) is 35.2 Å². The van der Waals surface area contributed by atoms with Gasteiger partial charge in [-0.15, -0.1) is 0 Å². The van der Waals surface area contributed by atoms with E-state index in [2.05, 4.69) is 30.6 Å². The maximum Gasteiger partial charge on any atom is 0.254 e. The largest absolute Gasteiger partial charge is 0.353 e. The van der Waals surface area contributed by atoms with Gasteiger partial charge in [0.1, 0.15) is 11.6 Å². The monoisotopic (exact) mass is 510 g/mol. The lowest BCUT2D eigenvalue weighted by Crippen LogP contribution is -2.29. The van der Waals surface area contributed by atoms with Crippen molar-refractivity contribution in [3.63, 3.8) is 0 Å². The fraction of sp³-hybridized carbons (Fsp3) is 0.407. The highest BCUT2D eigenvalue weighted by Crippen LogP contribution is 2.18. The number of nitrogens with one attached hydrogen (secondary N) is 4. The Morgan fingerprint density at radius 2 is 1.27 bits per heavy atom. The zero-order valence-corrected chi connectivity index (χ0v) is 22.5. The number of aromatic nitrogens is 4. The molecule has 0 bridgehead atoms. The lowest BCUT2D eigenvalue weighted by atomic mass is 10.2. The van der Waals surface area contributed by atoms with Crippen LogP contribution in [0.2, 0.25) is 0 Å². The summed E-state index contributed by atoms with van der Waals surface area (Å²) in [6, 6.07) is 9.43. The zero-order chi connectivity index (χ0) is 27.8. The Hall–Kier alpha value is -4.08. The van der Waals surface area contributed by atoms with Crippen LogP contribution in [0, 0.1) is 13.8 Å². The molecule has 0 spiro atoms. The van der Waals surface area contributed by atoms with Gasteiger partial charge in [0.25, 0.3) is 11.1 Å². The van der Waals surface area contributed by atoms with E-state index in [4.69, 9.17) is 0 Å². The van der Waals surface area contributed by atoms with Crippen molar-refractivity contribution in [2.24, 2.45) is 0 Å². The van der Waals surface area contributed by atoms with Crippen molar-refractivity contribution in [2.75, 3.05) is 5.32 Å². The number of anilines is 1. The fourth-order valence-corrected chi connectivity index (χ4v) is 2.85.